The van der Waals surface area contributed by atoms with Gasteiger partial charge < -0.3 is 20.8 Å². The largest absolute Gasteiger partial charge is 0.481 e. The summed E-state index contributed by atoms with van der Waals surface area (Å²) in [4.78, 5) is 33.3. The van der Waals surface area contributed by atoms with E-state index in [1.54, 1.807) is 31.3 Å². The van der Waals surface area contributed by atoms with Gasteiger partial charge in [0, 0.05) is 24.7 Å². The molecule has 0 bridgehead atoms. The number of amides is 1. The summed E-state index contributed by atoms with van der Waals surface area (Å²) < 4.78 is 0. The second-order valence-corrected chi connectivity index (χ2v) is 4.12. The monoisotopic (exact) mass is 280 g/mol. The molecule has 1 aromatic carbocycles. The lowest BCUT2D eigenvalue weighted by atomic mass is 10.1. The van der Waals surface area contributed by atoms with Crippen molar-refractivity contribution in [1.82, 2.24) is 5.32 Å². The molecule has 0 spiro atoms. The highest BCUT2D eigenvalue weighted by Crippen LogP contribution is 2.09. The molecule has 0 heterocycles. The average Bonchev–Trinajstić information content (AvgIpc) is 2.42. The molecule has 0 fully saturated rings. The molecule has 7 heteroatoms. The Morgan fingerprint density at radius 3 is 2.20 bits per heavy atom. The number of benzene rings is 1. The Morgan fingerprint density at radius 2 is 1.75 bits per heavy atom. The van der Waals surface area contributed by atoms with Crippen LogP contribution in [0.15, 0.2) is 24.3 Å². The molecular weight excluding hydrogens is 264 g/mol. The minimum absolute atomic E-state index is 0.162. The van der Waals surface area contributed by atoms with E-state index in [9.17, 15) is 14.4 Å². The van der Waals surface area contributed by atoms with E-state index in [-0.39, 0.29) is 12.8 Å². The van der Waals surface area contributed by atoms with Gasteiger partial charge in [0.2, 0.25) is 0 Å². The average molecular weight is 280 g/mol. The highest BCUT2D eigenvalue weighted by molar-refractivity contribution is 5.96. The van der Waals surface area contributed by atoms with Crippen LogP contribution in [0.4, 0.5) is 5.69 Å². The van der Waals surface area contributed by atoms with Gasteiger partial charge in [-0.3, -0.25) is 9.59 Å². The lowest BCUT2D eigenvalue weighted by Gasteiger charge is -2.13. The SMILES string of the molecule is CNc1ccc(C(=O)N[C@@H](CCC(=O)O)C(=O)O)cc1. The second kappa shape index (κ2) is 7.13. The Kier molecular flexibility index (Phi) is 5.52. The Balaban J connectivity index is 2.69. The fourth-order valence-electron chi connectivity index (χ4n) is 1.56. The summed E-state index contributed by atoms with van der Waals surface area (Å²) in [5.41, 5.74) is 1.13. The fourth-order valence-corrected chi connectivity index (χ4v) is 1.56. The van der Waals surface area contributed by atoms with Gasteiger partial charge >= 0.3 is 11.9 Å². The first-order valence-corrected chi connectivity index (χ1v) is 5.97. The summed E-state index contributed by atoms with van der Waals surface area (Å²) in [5, 5.41) is 22.7. The van der Waals surface area contributed by atoms with Gasteiger partial charge in [-0.25, -0.2) is 4.79 Å². The van der Waals surface area contributed by atoms with Crippen molar-refractivity contribution in [3.63, 3.8) is 0 Å². The molecule has 1 amide bonds. The standard InChI is InChI=1S/C13H16N2O5/c1-14-9-4-2-8(3-5-9)12(18)15-10(13(19)20)6-7-11(16)17/h2-5,10,14H,6-7H2,1H3,(H,15,18)(H,16,17)(H,19,20)/t10-/m0/s1. The summed E-state index contributed by atoms with van der Waals surface area (Å²) in [6, 6.07) is 5.25. The van der Waals surface area contributed by atoms with Crippen molar-refractivity contribution in [2.75, 3.05) is 12.4 Å². The summed E-state index contributed by atoms with van der Waals surface area (Å²) >= 11 is 0. The van der Waals surface area contributed by atoms with Crippen molar-refractivity contribution in [3.8, 4) is 0 Å². The van der Waals surface area contributed by atoms with Gasteiger partial charge in [0.15, 0.2) is 0 Å². The Hall–Kier alpha value is -2.57. The van der Waals surface area contributed by atoms with Crippen molar-refractivity contribution >= 4 is 23.5 Å². The zero-order valence-electron chi connectivity index (χ0n) is 10.9. The summed E-state index contributed by atoms with van der Waals surface area (Å²) in [7, 11) is 1.74. The number of carboxylic acids is 2. The number of hydrogen-bond acceptors (Lipinski definition) is 4. The van der Waals surface area contributed by atoms with Gasteiger partial charge in [-0.1, -0.05) is 0 Å². The molecule has 20 heavy (non-hydrogen) atoms. The fraction of sp³-hybridized carbons (Fsp3) is 0.308. The number of rotatable bonds is 7. The van der Waals surface area contributed by atoms with Crippen molar-refractivity contribution in [1.29, 1.82) is 0 Å². The number of carboxylic acid groups (broad SMARTS) is 2. The predicted octanol–water partition coefficient (Wildman–Crippen LogP) is 0.776. The normalized spacial score (nSPS) is 11.4. The molecule has 1 rings (SSSR count). The van der Waals surface area contributed by atoms with E-state index in [0.717, 1.165) is 5.69 Å². The summed E-state index contributed by atoms with van der Waals surface area (Å²) in [6.07, 6.45) is -0.485. The van der Waals surface area contributed by atoms with Crippen LogP contribution in [-0.2, 0) is 9.59 Å². The molecule has 0 unspecified atom stereocenters. The van der Waals surface area contributed by atoms with E-state index in [4.69, 9.17) is 10.2 Å². The molecule has 0 aliphatic rings. The molecule has 0 saturated carbocycles. The van der Waals surface area contributed by atoms with Crippen molar-refractivity contribution in [2.45, 2.75) is 18.9 Å². The van der Waals surface area contributed by atoms with E-state index in [0.29, 0.717) is 5.56 Å². The number of hydrogen-bond donors (Lipinski definition) is 4. The number of carbonyl (C=O) groups is 3. The van der Waals surface area contributed by atoms with Gasteiger partial charge in [-0.2, -0.15) is 0 Å². The smallest absolute Gasteiger partial charge is 0.326 e. The Bertz CT molecular complexity index is 498. The highest BCUT2D eigenvalue weighted by Gasteiger charge is 2.21. The zero-order valence-corrected chi connectivity index (χ0v) is 10.9. The quantitative estimate of drug-likeness (QED) is 0.586. The summed E-state index contributed by atoms with van der Waals surface area (Å²) in [5.74, 6) is -2.92. The van der Waals surface area contributed by atoms with E-state index in [2.05, 4.69) is 10.6 Å². The highest BCUT2D eigenvalue weighted by atomic mass is 16.4. The first kappa shape index (κ1) is 15.5. The third kappa shape index (κ3) is 4.60. The van der Waals surface area contributed by atoms with E-state index in [1.807, 2.05) is 0 Å². The van der Waals surface area contributed by atoms with Crippen molar-refractivity contribution < 1.29 is 24.6 Å². The lowest BCUT2D eigenvalue weighted by Crippen LogP contribution is -2.41. The van der Waals surface area contributed by atoms with Crippen LogP contribution in [0, 0.1) is 0 Å². The first-order chi connectivity index (χ1) is 9.43. The van der Waals surface area contributed by atoms with Crippen LogP contribution >= 0.6 is 0 Å². The molecule has 0 aliphatic carbocycles. The van der Waals surface area contributed by atoms with Crippen LogP contribution in [0.3, 0.4) is 0 Å². The third-order valence-corrected chi connectivity index (χ3v) is 2.69. The molecule has 0 aromatic heterocycles. The predicted molar refractivity (Wildman–Crippen MR) is 71.7 cm³/mol. The molecule has 108 valence electrons. The maximum atomic E-state index is 11.9. The lowest BCUT2D eigenvalue weighted by molar-refractivity contribution is -0.140. The molecule has 1 atom stereocenters. The first-order valence-electron chi connectivity index (χ1n) is 5.97. The van der Waals surface area contributed by atoms with Crippen molar-refractivity contribution in [3.05, 3.63) is 29.8 Å². The minimum atomic E-state index is -1.26. The topological polar surface area (TPSA) is 116 Å². The maximum absolute atomic E-state index is 11.9. The van der Waals surface area contributed by atoms with Crippen LogP contribution in [0.2, 0.25) is 0 Å². The van der Waals surface area contributed by atoms with E-state index < -0.39 is 23.9 Å². The molecule has 0 radical (unpaired) electrons. The number of carbonyl (C=O) groups excluding carboxylic acids is 1. The molecule has 4 N–H and O–H groups in total. The van der Waals surface area contributed by atoms with E-state index in [1.165, 1.54) is 0 Å². The number of nitrogens with one attached hydrogen (secondary N) is 2. The second-order valence-electron chi connectivity index (χ2n) is 4.12. The van der Waals surface area contributed by atoms with E-state index >= 15 is 0 Å². The van der Waals surface area contributed by atoms with Crippen LogP contribution in [0.1, 0.15) is 23.2 Å². The summed E-state index contributed by atoms with van der Waals surface area (Å²) in [6.45, 7) is 0. The third-order valence-electron chi connectivity index (χ3n) is 2.69. The van der Waals surface area contributed by atoms with Gasteiger partial charge in [0.1, 0.15) is 6.04 Å². The molecule has 1 aromatic rings. The molecule has 0 aliphatic heterocycles. The van der Waals surface area contributed by atoms with Gasteiger partial charge in [0.05, 0.1) is 0 Å². The van der Waals surface area contributed by atoms with Gasteiger partial charge in [-0.05, 0) is 30.7 Å². The zero-order chi connectivity index (χ0) is 15.1. The van der Waals surface area contributed by atoms with Gasteiger partial charge in [0.25, 0.3) is 5.91 Å². The maximum Gasteiger partial charge on any atom is 0.326 e. The van der Waals surface area contributed by atoms with Gasteiger partial charge in [-0.15, -0.1) is 0 Å². The molecule has 0 saturated heterocycles. The Morgan fingerprint density at radius 1 is 1.15 bits per heavy atom. The van der Waals surface area contributed by atoms with Crippen LogP contribution in [0.25, 0.3) is 0 Å². The molecule has 7 nitrogen and oxygen atoms in total. The Labute approximate surface area is 115 Å². The number of anilines is 1. The van der Waals surface area contributed by atoms with Crippen LogP contribution in [0.5, 0.6) is 0 Å². The van der Waals surface area contributed by atoms with Crippen LogP contribution < -0.4 is 10.6 Å². The van der Waals surface area contributed by atoms with Crippen LogP contribution in [-0.4, -0.2) is 41.1 Å². The molecular formula is C13H16N2O5. The van der Waals surface area contributed by atoms with Crippen molar-refractivity contribution in [2.24, 2.45) is 0 Å². The number of aliphatic carboxylic acids is 2. The minimum Gasteiger partial charge on any atom is -0.481 e.